The minimum Gasteiger partial charge on any atom is -0.480 e. The van der Waals surface area contributed by atoms with Gasteiger partial charge in [-0.05, 0) is 31.6 Å². The molecule has 1 aliphatic carbocycles. The third-order valence-corrected chi connectivity index (χ3v) is 4.23. The fraction of sp³-hybridized carbons (Fsp3) is 0.923. The molecule has 1 saturated carbocycles. The second-order valence-electron chi connectivity index (χ2n) is 5.76. The molecule has 0 bridgehead atoms. The summed E-state index contributed by atoms with van der Waals surface area (Å²) in [4.78, 5) is 11.7. The summed E-state index contributed by atoms with van der Waals surface area (Å²) in [5, 5.41) is 13.0. The summed E-state index contributed by atoms with van der Waals surface area (Å²) in [5.74, 6) is -0.683. The van der Waals surface area contributed by atoms with Crippen molar-refractivity contribution in [3.63, 3.8) is 0 Å². The molecule has 1 aliphatic rings. The van der Waals surface area contributed by atoms with Crippen molar-refractivity contribution in [3.05, 3.63) is 0 Å². The highest BCUT2D eigenvalue weighted by atomic mass is 16.4. The van der Waals surface area contributed by atoms with Crippen molar-refractivity contribution in [1.29, 1.82) is 0 Å². The molecule has 1 fully saturated rings. The molecule has 0 amide bonds. The number of carbonyl (C=O) groups is 1. The van der Waals surface area contributed by atoms with Crippen LogP contribution in [0.2, 0.25) is 0 Å². The number of nitrogens with one attached hydrogen (secondary N) is 1. The zero-order valence-electron chi connectivity index (χ0n) is 11.0. The Hall–Kier alpha value is -0.570. The average molecular weight is 227 g/mol. The summed E-state index contributed by atoms with van der Waals surface area (Å²) in [5.41, 5.74) is -0.902. The van der Waals surface area contributed by atoms with Gasteiger partial charge in [0.15, 0.2) is 0 Å². The van der Waals surface area contributed by atoms with Crippen LogP contribution in [-0.2, 0) is 4.79 Å². The number of carboxylic acids is 1. The van der Waals surface area contributed by atoms with E-state index in [9.17, 15) is 9.90 Å². The SMILES string of the molecule is CCC(C)NC1(C(=O)O)CCCCC1(C)C. The van der Waals surface area contributed by atoms with Gasteiger partial charge in [-0.25, -0.2) is 0 Å². The topological polar surface area (TPSA) is 49.3 Å². The summed E-state index contributed by atoms with van der Waals surface area (Å²) in [7, 11) is 0. The number of rotatable bonds is 4. The predicted octanol–water partition coefficient (Wildman–Crippen LogP) is 2.80. The van der Waals surface area contributed by atoms with Crippen LogP contribution in [0.15, 0.2) is 0 Å². The normalized spacial score (nSPS) is 31.0. The molecule has 3 nitrogen and oxygen atoms in total. The quantitative estimate of drug-likeness (QED) is 0.776. The van der Waals surface area contributed by atoms with E-state index in [4.69, 9.17) is 0 Å². The Balaban J connectivity index is 2.98. The van der Waals surface area contributed by atoms with Gasteiger partial charge in [0.05, 0.1) is 0 Å². The van der Waals surface area contributed by atoms with Gasteiger partial charge in [0.25, 0.3) is 0 Å². The van der Waals surface area contributed by atoms with Gasteiger partial charge in [0.2, 0.25) is 0 Å². The van der Waals surface area contributed by atoms with E-state index in [-0.39, 0.29) is 11.5 Å². The highest BCUT2D eigenvalue weighted by Crippen LogP contribution is 2.44. The molecule has 16 heavy (non-hydrogen) atoms. The maximum Gasteiger partial charge on any atom is 0.324 e. The molecule has 94 valence electrons. The molecule has 0 aliphatic heterocycles. The Bertz CT molecular complexity index is 263. The molecule has 0 aromatic rings. The van der Waals surface area contributed by atoms with Crippen LogP contribution in [0.4, 0.5) is 0 Å². The van der Waals surface area contributed by atoms with E-state index >= 15 is 0 Å². The molecular weight excluding hydrogens is 202 g/mol. The molecule has 0 aromatic heterocycles. The molecule has 0 saturated heterocycles. The van der Waals surface area contributed by atoms with Crippen molar-refractivity contribution in [3.8, 4) is 0 Å². The number of aliphatic carboxylic acids is 1. The first-order chi connectivity index (χ1) is 7.35. The molecule has 0 heterocycles. The Morgan fingerprint density at radius 1 is 1.38 bits per heavy atom. The van der Waals surface area contributed by atoms with Crippen molar-refractivity contribution < 1.29 is 9.90 Å². The van der Waals surface area contributed by atoms with Crippen LogP contribution in [-0.4, -0.2) is 22.7 Å². The third-order valence-electron chi connectivity index (χ3n) is 4.23. The van der Waals surface area contributed by atoms with Gasteiger partial charge in [0.1, 0.15) is 5.54 Å². The summed E-state index contributed by atoms with van der Waals surface area (Å²) in [6.07, 6.45) is 4.86. The van der Waals surface area contributed by atoms with E-state index in [1.54, 1.807) is 0 Å². The first-order valence-corrected chi connectivity index (χ1v) is 6.37. The maximum absolute atomic E-state index is 11.7. The van der Waals surface area contributed by atoms with Crippen molar-refractivity contribution in [2.24, 2.45) is 5.41 Å². The molecule has 1 rings (SSSR count). The van der Waals surface area contributed by atoms with Crippen LogP contribution in [0.3, 0.4) is 0 Å². The number of carboxylic acid groups (broad SMARTS) is 1. The van der Waals surface area contributed by atoms with Gasteiger partial charge in [-0.3, -0.25) is 10.1 Å². The average Bonchev–Trinajstić information content (AvgIpc) is 2.20. The molecule has 0 spiro atoms. The maximum atomic E-state index is 11.7. The summed E-state index contributed by atoms with van der Waals surface area (Å²) in [6.45, 7) is 8.31. The van der Waals surface area contributed by atoms with Gasteiger partial charge in [0, 0.05) is 6.04 Å². The van der Waals surface area contributed by atoms with Gasteiger partial charge in [-0.15, -0.1) is 0 Å². The Morgan fingerprint density at radius 2 is 1.94 bits per heavy atom. The second kappa shape index (κ2) is 4.74. The first-order valence-electron chi connectivity index (χ1n) is 6.37. The number of hydrogen-bond donors (Lipinski definition) is 2. The van der Waals surface area contributed by atoms with Gasteiger partial charge >= 0.3 is 5.97 Å². The zero-order chi connectivity index (χ0) is 12.4. The van der Waals surface area contributed by atoms with E-state index in [0.717, 1.165) is 32.1 Å². The van der Waals surface area contributed by atoms with E-state index < -0.39 is 11.5 Å². The number of hydrogen-bond acceptors (Lipinski definition) is 2. The van der Waals surface area contributed by atoms with Crippen LogP contribution < -0.4 is 5.32 Å². The molecule has 2 N–H and O–H groups in total. The van der Waals surface area contributed by atoms with Crippen LogP contribution in [0.1, 0.15) is 59.8 Å². The summed E-state index contributed by atoms with van der Waals surface area (Å²) < 4.78 is 0. The second-order valence-corrected chi connectivity index (χ2v) is 5.76. The van der Waals surface area contributed by atoms with Crippen LogP contribution in [0.5, 0.6) is 0 Å². The smallest absolute Gasteiger partial charge is 0.324 e. The Labute approximate surface area is 98.6 Å². The lowest BCUT2D eigenvalue weighted by atomic mass is 9.62. The summed E-state index contributed by atoms with van der Waals surface area (Å²) in [6, 6.07) is 0.258. The highest BCUT2D eigenvalue weighted by molar-refractivity contribution is 5.80. The minimum absolute atomic E-state index is 0.166. The molecular formula is C13H25NO2. The van der Waals surface area contributed by atoms with Crippen molar-refractivity contribution in [1.82, 2.24) is 5.32 Å². The van der Waals surface area contributed by atoms with Crippen molar-refractivity contribution >= 4 is 5.97 Å². The van der Waals surface area contributed by atoms with Crippen LogP contribution in [0.25, 0.3) is 0 Å². The molecule has 3 heteroatoms. The lowest BCUT2D eigenvalue weighted by molar-refractivity contribution is -0.154. The standard InChI is InChI=1S/C13H25NO2/c1-5-10(2)14-13(11(15)16)9-7-6-8-12(13,3)4/h10,14H,5-9H2,1-4H3,(H,15,16). The van der Waals surface area contributed by atoms with E-state index in [1.165, 1.54) is 0 Å². The van der Waals surface area contributed by atoms with E-state index in [0.29, 0.717) is 0 Å². The fourth-order valence-electron chi connectivity index (χ4n) is 2.76. The molecule has 2 atom stereocenters. The van der Waals surface area contributed by atoms with E-state index in [1.807, 2.05) is 0 Å². The Kier molecular flexibility index (Phi) is 4.00. The minimum atomic E-state index is -0.735. The predicted molar refractivity (Wildman–Crippen MR) is 65.5 cm³/mol. The van der Waals surface area contributed by atoms with Gasteiger partial charge in [-0.1, -0.05) is 33.6 Å². The fourth-order valence-corrected chi connectivity index (χ4v) is 2.76. The lowest BCUT2D eigenvalue weighted by Crippen LogP contribution is -2.64. The Morgan fingerprint density at radius 3 is 2.38 bits per heavy atom. The monoisotopic (exact) mass is 227 g/mol. The van der Waals surface area contributed by atoms with Crippen molar-refractivity contribution in [2.75, 3.05) is 0 Å². The molecule has 2 unspecified atom stereocenters. The first kappa shape index (κ1) is 13.5. The molecule has 0 aromatic carbocycles. The largest absolute Gasteiger partial charge is 0.480 e. The van der Waals surface area contributed by atoms with Gasteiger partial charge < -0.3 is 5.11 Å². The van der Waals surface area contributed by atoms with Crippen LogP contribution >= 0.6 is 0 Å². The van der Waals surface area contributed by atoms with Crippen LogP contribution in [0, 0.1) is 5.41 Å². The molecule has 0 radical (unpaired) electrons. The third kappa shape index (κ3) is 2.24. The lowest BCUT2D eigenvalue weighted by Gasteiger charge is -2.49. The van der Waals surface area contributed by atoms with Gasteiger partial charge in [-0.2, -0.15) is 0 Å². The van der Waals surface area contributed by atoms with E-state index in [2.05, 4.69) is 33.0 Å². The zero-order valence-corrected chi connectivity index (χ0v) is 11.0. The highest BCUT2D eigenvalue weighted by Gasteiger charge is 2.52. The summed E-state index contributed by atoms with van der Waals surface area (Å²) >= 11 is 0. The van der Waals surface area contributed by atoms with Crippen molar-refractivity contribution in [2.45, 2.75) is 71.4 Å².